The maximum Gasteiger partial charge on any atom is 0.332 e. The van der Waals surface area contributed by atoms with Crippen molar-refractivity contribution < 1.29 is 14.7 Å². The van der Waals surface area contributed by atoms with Crippen LogP contribution in [0.3, 0.4) is 0 Å². The van der Waals surface area contributed by atoms with Crippen LogP contribution < -0.4 is 0 Å². The zero-order chi connectivity index (χ0) is 15.2. The third kappa shape index (κ3) is 4.45. The number of piperidine rings is 1. The molecule has 0 atom stereocenters. The monoisotopic (exact) mass is 287 g/mol. The lowest BCUT2D eigenvalue weighted by molar-refractivity contribution is -0.136. The van der Waals surface area contributed by atoms with Crippen molar-refractivity contribution >= 4 is 18.0 Å². The van der Waals surface area contributed by atoms with Gasteiger partial charge in [-0.25, -0.2) is 4.79 Å². The quantitative estimate of drug-likeness (QED) is 0.866. The average molecular weight is 287 g/mol. The molecule has 1 saturated heterocycles. The van der Waals surface area contributed by atoms with Gasteiger partial charge in [-0.1, -0.05) is 37.3 Å². The van der Waals surface area contributed by atoms with Crippen LogP contribution in [-0.2, 0) is 9.59 Å². The van der Waals surface area contributed by atoms with Crippen molar-refractivity contribution in [2.45, 2.75) is 26.2 Å². The van der Waals surface area contributed by atoms with Crippen LogP contribution in [0.2, 0.25) is 0 Å². The number of carboxylic acids is 1. The molecule has 21 heavy (non-hydrogen) atoms. The van der Waals surface area contributed by atoms with Crippen molar-refractivity contribution in [3.8, 4) is 0 Å². The van der Waals surface area contributed by atoms with Gasteiger partial charge in [-0.2, -0.15) is 0 Å². The number of hydrogen-bond donors (Lipinski definition) is 1. The minimum atomic E-state index is -1.03. The first-order valence-electron chi connectivity index (χ1n) is 7.33. The van der Waals surface area contributed by atoms with Crippen LogP contribution in [0, 0.1) is 5.92 Å². The SMILES string of the molecule is CC1CCN(C(=O)C/C(=C\c2ccccc2)C(=O)O)CC1. The second-order valence-electron chi connectivity index (χ2n) is 5.63. The lowest BCUT2D eigenvalue weighted by Gasteiger charge is -2.30. The van der Waals surface area contributed by atoms with Crippen LogP contribution in [0.4, 0.5) is 0 Å². The Hall–Kier alpha value is -2.10. The highest BCUT2D eigenvalue weighted by Gasteiger charge is 2.22. The average Bonchev–Trinajstić information content (AvgIpc) is 2.48. The van der Waals surface area contributed by atoms with Crippen LogP contribution in [-0.4, -0.2) is 35.0 Å². The van der Waals surface area contributed by atoms with Gasteiger partial charge in [0.05, 0.1) is 6.42 Å². The molecule has 0 radical (unpaired) electrons. The molecule has 0 unspecified atom stereocenters. The maximum absolute atomic E-state index is 12.2. The molecule has 0 aliphatic carbocycles. The minimum absolute atomic E-state index is 0.0430. The largest absolute Gasteiger partial charge is 0.478 e. The number of rotatable bonds is 4. The smallest absolute Gasteiger partial charge is 0.332 e. The van der Waals surface area contributed by atoms with Gasteiger partial charge >= 0.3 is 5.97 Å². The van der Waals surface area contributed by atoms with E-state index in [0.717, 1.165) is 31.5 Å². The summed E-state index contributed by atoms with van der Waals surface area (Å²) in [6, 6.07) is 9.22. The van der Waals surface area contributed by atoms with Crippen LogP contribution in [0.1, 0.15) is 31.7 Å². The van der Waals surface area contributed by atoms with Gasteiger partial charge < -0.3 is 10.0 Å². The Morgan fingerprint density at radius 3 is 2.43 bits per heavy atom. The van der Waals surface area contributed by atoms with Gasteiger partial charge in [0, 0.05) is 18.7 Å². The normalized spacial score (nSPS) is 16.8. The first-order chi connectivity index (χ1) is 10.1. The van der Waals surface area contributed by atoms with E-state index < -0.39 is 5.97 Å². The summed E-state index contributed by atoms with van der Waals surface area (Å²) in [5.41, 5.74) is 0.944. The third-order valence-electron chi connectivity index (χ3n) is 3.89. The molecule has 1 fully saturated rings. The Balaban J connectivity index is 2.05. The van der Waals surface area contributed by atoms with E-state index in [1.807, 2.05) is 30.3 Å². The molecular weight excluding hydrogens is 266 g/mol. The van der Waals surface area contributed by atoms with Gasteiger partial charge in [0.2, 0.25) is 5.91 Å². The molecule has 0 bridgehead atoms. The summed E-state index contributed by atoms with van der Waals surface area (Å²) in [6.45, 7) is 3.65. The second-order valence-corrected chi connectivity index (χ2v) is 5.63. The van der Waals surface area contributed by atoms with Crippen molar-refractivity contribution in [3.05, 3.63) is 41.5 Å². The van der Waals surface area contributed by atoms with Crippen LogP contribution in [0.15, 0.2) is 35.9 Å². The fraction of sp³-hybridized carbons (Fsp3) is 0.412. The Morgan fingerprint density at radius 2 is 1.86 bits per heavy atom. The van der Waals surface area contributed by atoms with Gasteiger partial charge in [0.1, 0.15) is 0 Å². The van der Waals surface area contributed by atoms with Crippen molar-refractivity contribution in [2.75, 3.05) is 13.1 Å². The third-order valence-corrected chi connectivity index (χ3v) is 3.89. The molecule has 0 aromatic heterocycles. The van der Waals surface area contributed by atoms with Crippen molar-refractivity contribution in [1.29, 1.82) is 0 Å². The number of carboxylic acid groups (broad SMARTS) is 1. The van der Waals surface area contributed by atoms with E-state index in [9.17, 15) is 14.7 Å². The second kappa shape index (κ2) is 7.07. The number of hydrogen-bond acceptors (Lipinski definition) is 2. The Labute approximate surface area is 125 Å². The Bertz CT molecular complexity index is 528. The van der Waals surface area contributed by atoms with Gasteiger partial charge in [-0.15, -0.1) is 0 Å². The summed E-state index contributed by atoms with van der Waals surface area (Å²) < 4.78 is 0. The molecule has 1 aliphatic heterocycles. The summed E-state index contributed by atoms with van der Waals surface area (Å²) in [5.74, 6) is -0.475. The number of carbonyl (C=O) groups excluding carboxylic acids is 1. The van der Waals surface area contributed by atoms with E-state index in [-0.39, 0.29) is 17.9 Å². The maximum atomic E-state index is 12.2. The molecule has 1 N–H and O–H groups in total. The molecule has 0 spiro atoms. The molecular formula is C17H21NO3. The summed E-state index contributed by atoms with van der Waals surface area (Å²) in [5, 5.41) is 9.28. The molecule has 0 saturated carbocycles. The van der Waals surface area contributed by atoms with E-state index in [0.29, 0.717) is 5.92 Å². The molecule has 4 heteroatoms. The molecule has 1 aliphatic rings. The minimum Gasteiger partial charge on any atom is -0.478 e. The highest BCUT2D eigenvalue weighted by atomic mass is 16.4. The standard InChI is InChI=1S/C17H21NO3/c1-13-7-9-18(10-8-13)16(19)12-15(17(20)21)11-14-5-3-2-4-6-14/h2-6,11,13H,7-10,12H2,1H3,(H,20,21)/b15-11+. The summed E-state index contributed by atoms with van der Waals surface area (Å²) in [7, 11) is 0. The van der Waals surface area contributed by atoms with Crippen LogP contribution in [0.5, 0.6) is 0 Å². The Morgan fingerprint density at radius 1 is 1.24 bits per heavy atom. The van der Waals surface area contributed by atoms with Crippen LogP contribution in [0.25, 0.3) is 6.08 Å². The molecule has 112 valence electrons. The molecule has 1 amide bonds. The fourth-order valence-corrected chi connectivity index (χ4v) is 2.47. The first-order valence-corrected chi connectivity index (χ1v) is 7.33. The number of carbonyl (C=O) groups is 2. The van der Waals surface area contributed by atoms with E-state index >= 15 is 0 Å². The molecule has 4 nitrogen and oxygen atoms in total. The number of likely N-dealkylation sites (tertiary alicyclic amines) is 1. The summed E-state index contributed by atoms with van der Waals surface area (Å²) >= 11 is 0. The first kappa shape index (κ1) is 15.3. The van der Waals surface area contributed by atoms with E-state index in [1.54, 1.807) is 11.0 Å². The highest BCUT2D eigenvalue weighted by molar-refractivity contribution is 5.98. The summed E-state index contributed by atoms with van der Waals surface area (Å²) in [6.07, 6.45) is 3.53. The topological polar surface area (TPSA) is 57.6 Å². The highest BCUT2D eigenvalue weighted by Crippen LogP contribution is 2.18. The van der Waals surface area contributed by atoms with E-state index in [4.69, 9.17) is 0 Å². The van der Waals surface area contributed by atoms with Gasteiger partial charge in [0.25, 0.3) is 0 Å². The lowest BCUT2D eigenvalue weighted by Crippen LogP contribution is -2.38. The van der Waals surface area contributed by atoms with E-state index in [2.05, 4.69) is 6.92 Å². The molecule has 1 heterocycles. The van der Waals surface area contributed by atoms with Crippen LogP contribution >= 0.6 is 0 Å². The number of amides is 1. The van der Waals surface area contributed by atoms with Crippen molar-refractivity contribution in [3.63, 3.8) is 0 Å². The van der Waals surface area contributed by atoms with Gasteiger partial charge in [0.15, 0.2) is 0 Å². The fourth-order valence-electron chi connectivity index (χ4n) is 2.47. The predicted octanol–water partition coefficient (Wildman–Crippen LogP) is 2.80. The summed E-state index contributed by atoms with van der Waals surface area (Å²) in [4.78, 5) is 25.3. The van der Waals surface area contributed by atoms with Gasteiger partial charge in [-0.05, 0) is 30.4 Å². The van der Waals surface area contributed by atoms with Crippen molar-refractivity contribution in [1.82, 2.24) is 4.90 Å². The zero-order valence-corrected chi connectivity index (χ0v) is 12.3. The van der Waals surface area contributed by atoms with Gasteiger partial charge in [-0.3, -0.25) is 4.79 Å². The number of benzene rings is 1. The van der Waals surface area contributed by atoms with E-state index in [1.165, 1.54) is 0 Å². The Kier molecular flexibility index (Phi) is 5.14. The van der Waals surface area contributed by atoms with Crippen molar-refractivity contribution in [2.24, 2.45) is 5.92 Å². The zero-order valence-electron chi connectivity index (χ0n) is 12.3. The molecule has 1 aromatic rings. The molecule has 1 aromatic carbocycles. The molecule has 2 rings (SSSR count). The number of aliphatic carboxylic acids is 1. The predicted molar refractivity (Wildman–Crippen MR) is 81.6 cm³/mol. The number of nitrogens with zero attached hydrogens (tertiary/aromatic N) is 1. The lowest BCUT2D eigenvalue weighted by atomic mass is 9.98.